The number of methoxy groups -OCH3 is 1. The van der Waals surface area contributed by atoms with Crippen LogP contribution >= 0.6 is 11.3 Å². The zero-order valence-electron chi connectivity index (χ0n) is 21.7. The number of benzene rings is 3. The molecule has 0 saturated carbocycles. The van der Waals surface area contributed by atoms with Gasteiger partial charge in [-0.05, 0) is 66.3 Å². The number of hydrogen-bond donors (Lipinski definition) is 0. The molecule has 198 valence electrons. The zero-order chi connectivity index (χ0) is 26.9. The first kappa shape index (κ1) is 26.3. The lowest BCUT2D eigenvalue weighted by Gasteiger charge is -2.34. The fraction of sp³-hybridized carbons (Fsp3) is 0.310. The highest BCUT2D eigenvalue weighted by Crippen LogP contribution is 2.33. The summed E-state index contributed by atoms with van der Waals surface area (Å²) in [4.78, 5) is 20.4. The van der Waals surface area contributed by atoms with E-state index in [4.69, 9.17) is 9.72 Å². The van der Waals surface area contributed by atoms with E-state index >= 15 is 0 Å². The summed E-state index contributed by atoms with van der Waals surface area (Å²) in [6.07, 6.45) is 1.02. The maximum Gasteiger partial charge on any atom is 0.260 e. The maximum atomic E-state index is 13.8. The molecule has 0 radical (unpaired) electrons. The van der Waals surface area contributed by atoms with Crippen LogP contribution in [-0.2, 0) is 16.6 Å². The molecule has 0 spiro atoms. The molecule has 9 heteroatoms. The van der Waals surface area contributed by atoms with E-state index in [1.165, 1.54) is 23.5 Å². The Balaban J connectivity index is 1.45. The Morgan fingerprint density at radius 1 is 1.03 bits per heavy atom. The second-order valence-corrected chi connectivity index (χ2v) is 12.9. The molecule has 1 fully saturated rings. The van der Waals surface area contributed by atoms with Crippen molar-refractivity contribution in [2.75, 3.05) is 25.1 Å². The number of nitrogens with zero attached hydrogens (tertiary/aromatic N) is 3. The number of hydrogen-bond acceptors (Lipinski definition) is 6. The van der Waals surface area contributed by atoms with Gasteiger partial charge in [-0.1, -0.05) is 55.5 Å². The first-order valence-corrected chi connectivity index (χ1v) is 14.9. The third-order valence-corrected chi connectivity index (χ3v) is 9.71. The van der Waals surface area contributed by atoms with Gasteiger partial charge in [-0.25, -0.2) is 13.4 Å². The van der Waals surface area contributed by atoms with Crippen molar-refractivity contribution < 1.29 is 17.9 Å². The summed E-state index contributed by atoms with van der Waals surface area (Å²) in [5.41, 5.74) is 2.14. The van der Waals surface area contributed by atoms with Crippen LogP contribution in [-0.4, -0.2) is 43.8 Å². The lowest BCUT2D eigenvalue weighted by molar-refractivity contribution is 0.0985. The van der Waals surface area contributed by atoms with Gasteiger partial charge in [-0.2, -0.15) is 4.31 Å². The number of aromatic nitrogens is 1. The van der Waals surface area contributed by atoms with E-state index in [1.807, 2.05) is 48.5 Å². The molecular formula is C29H31N3O4S2. The molecule has 0 aliphatic carbocycles. The number of thiazole rings is 1. The van der Waals surface area contributed by atoms with Crippen molar-refractivity contribution in [1.82, 2.24) is 9.29 Å². The van der Waals surface area contributed by atoms with Gasteiger partial charge in [0.1, 0.15) is 5.75 Å². The highest BCUT2D eigenvalue weighted by molar-refractivity contribution is 7.89. The van der Waals surface area contributed by atoms with Gasteiger partial charge in [0.05, 0.1) is 28.8 Å². The predicted molar refractivity (Wildman–Crippen MR) is 151 cm³/mol. The average Bonchev–Trinajstić information content (AvgIpc) is 3.34. The van der Waals surface area contributed by atoms with Crippen LogP contribution in [0, 0.1) is 11.8 Å². The van der Waals surface area contributed by atoms with Crippen LogP contribution in [0.3, 0.4) is 0 Å². The van der Waals surface area contributed by atoms with Crippen molar-refractivity contribution in [3.63, 3.8) is 0 Å². The average molecular weight is 550 g/mol. The summed E-state index contributed by atoms with van der Waals surface area (Å²) in [7, 11) is -2.01. The van der Waals surface area contributed by atoms with Gasteiger partial charge in [-0.3, -0.25) is 9.69 Å². The van der Waals surface area contributed by atoms with Gasteiger partial charge in [0.15, 0.2) is 5.13 Å². The van der Waals surface area contributed by atoms with Crippen LogP contribution in [0.1, 0.15) is 36.2 Å². The van der Waals surface area contributed by atoms with E-state index in [1.54, 1.807) is 28.4 Å². The van der Waals surface area contributed by atoms with E-state index in [-0.39, 0.29) is 10.8 Å². The number of ether oxygens (including phenoxy) is 1. The largest absolute Gasteiger partial charge is 0.497 e. The fourth-order valence-corrected chi connectivity index (χ4v) is 7.68. The molecular weight excluding hydrogens is 518 g/mol. The van der Waals surface area contributed by atoms with Gasteiger partial charge in [0.25, 0.3) is 5.91 Å². The van der Waals surface area contributed by atoms with E-state index in [9.17, 15) is 13.2 Å². The highest BCUT2D eigenvalue weighted by atomic mass is 32.2. The lowest BCUT2D eigenvalue weighted by atomic mass is 9.94. The summed E-state index contributed by atoms with van der Waals surface area (Å²) in [6, 6.07) is 21.6. The Morgan fingerprint density at radius 3 is 2.37 bits per heavy atom. The van der Waals surface area contributed by atoms with Crippen LogP contribution < -0.4 is 9.64 Å². The van der Waals surface area contributed by atoms with Crippen molar-refractivity contribution in [1.29, 1.82) is 0 Å². The Bertz CT molecular complexity index is 1530. The van der Waals surface area contributed by atoms with Crippen LogP contribution in [0.25, 0.3) is 10.2 Å². The van der Waals surface area contributed by atoms with Gasteiger partial charge in [0, 0.05) is 18.7 Å². The lowest BCUT2D eigenvalue weighted by Crippen LogP contribution is -2.42. The first-order chi connectivity index (χ1) is 18.2. The minimum absolute atomic E-state index is 0.206. The minimum Gasteiger partial charge on any atom is -0.497 e. The van der Waals surface area contributed by atoms with Gasteiger partial charge in [-0.15, -0.1) is 0 Å². The maximum absolute atomic E-state index is 13.8. The predicted octanol–water partition coefficient (Wildman–Crippen LogP) is 5.82. The summed E-state index contributed by atoms with van der Waals surface area (Å²) in [6.45, 7) is 5.53. The molecule has 38 heavy (non-hydrogen) atoms. The van der Waals surface area contributed by atoms with Crippen molar-refractivity contribution in [2.24, 2.45) is 11.8 Å². The first-order valence-electron chi connectivity index (χ1n) is 12.6. The summed E-state index contributed by atoms with van der Waals surface area (Å²) in [5, 5.41) is 0.565. The molecule has 1 saturated heterocycles. The van der Waals surface area contributed by atoms with E-state index in [2.05, 4.69) is 13.8 Å². The van der Waals surface area contributed by atoms with E-state index in [0.717, 1.165) is 28.0 Å². The molecule has 1 aliphatic heterocycles. The number of fused-ring (bicyclic) bond motifs is 1. The number of rotatable bonds is 7. The number of anilines is 1. The van der Waals surface area contributed by atoms with Crippen LogP contribution in [0.15, 0.2) is 77.7 Å². The molecule has 3 aromatic carbocycles. The number of carbonyl (C=O) groups is 1. The quantitative estimate of drug-likeness (QED) is 0.290. The Hall–Kier alpha value is -3.27. The Kier molecular flexibility index (Phi) is 7.52. The van der Waals surface area contributed by atoms with Crippen molar-refractivity contribution in [3.8, 4) is 5.75 Å². The molecule has 1 aromatic heterocycles. The van der Waals surface area contributed by atoms with Gasteiger partial charge < -0.3 is 4.74 Å². The third kappa shape index (κ3) is 5.45. The number of piperidine rings is 1. The van der Waals surface area contributed by atoms with Crippen molar-refractivity contribution in [3.05, 3.63) is 83.9 Å². The van der Waals surface area contributed by atoms with E-state index in [0.29, 0.717) is 42.2 Å². The Morgan fingerprint density at radius 2 is 1.71 bits per heavy atom. The van der Waals surface area contributed by atoms with Crippen molar-refractivity contribution in [2.45, 2.75) is 31.7 Å². The molecule has 2 atom stereocenters. The fourth-order valence-electron chi connectivity index (χ4n) is 5.00. The molecule has 2 heterocycles. The van der Waals surface area contributed by atoms with Crippen LogP contribution in [0.5, 0.6) is 5.75 Å². The summed E-state index contributed by atoms with van der Waals surface area (Å²) < 4.78 is 34.5. The Labute approximate surface area is 227 Å². The number of amides is 1. The normalized spacial score (nSPS) is 18.4. The molecule has 0 N–H and O–H groups in total. The van der Waals surface area contributed by atoms with E-state index < -0.39 is 10.0 Å². The topological polar surface area (TPSA) is 79.8 Å². The van der Waals surface area contributed by atoms with Crippen LogP contribution in [0.4, 0.5) is 5.13 Å². The number of sulfonamides is 1. The van der Waals surface area contributed by atoms with Crippen molar-refractivity contribution >= 4 is 42.6 Å². The molecule has 2 unspecified atom stereocenters. The molecule has 5 rings (SSSR count). The molecule has 1 amide bonds. The second-order valence-electron chi connectivity index (χ2n) is 10.00. The second kappa shape index (κ2) is 10.8. The number of carbonyl (C=O) groups excluding carboxylic acids is 1. The molecule has 0 bridgehead atoms. The highest BCUT2D eigenvalue weighted by Gasteiger charge is 2.32. The van der Waals surface area contributed by atoms with Crippen LogP contribution in [0.2, 0.25) is 0 Å². The summed E-state index contributed by atoms with van der Waals surface area (Å²) >= 11 is 1.42. The molecule has 1 aliphatic rings. The summed E-state index contributed by atoms with van der Waals surface area (Å²) in [5.74, 6) is 1.11. The molecule has 7 nitrogen and oxygen atoms in total. The SMILES string of the molecule is COc1ccc2nc(N(Cc3ccccc3)C(=O)c3ccc(S(=O)(=O)N4CC(C)CC(C)C4)cc3)sc2c1. The minimum atomic E-state index is -3.63. The van der Waals surface area contributed by atoms with Gasteiger partial charge in [0.2, 0.25) is 10.0 Å². The van der Waals surface area contributed by atoms with Gasteiger partial charge >= 0.3 is 0 Å². The standard InChI is InChI=1S/C29H31N3O4S2/c1-20-15-21(2)18-31(17-20)38(34,35)25-12-9-23(10-13-25)28(33)32(19-22-7-5-4-6-8-22)29-30-26-14-11-24(36-3)16-27(26)37-29/h4-14,16,20-21H,15,17-19H2,1-3H3. The smallest absolute Gasteiger partial charge is 0.260 e. The monoisotopic (exact) mass is 549 g/mol. The third-order valence-electron chi connectivity index (χ3n) is 6.82. The molecule has 4 aromatic rings. The zero-order valence-corrected chi connectivity index (χ0v) is 23.3.